The number of nitrogens with one attached hydrogen (secondary N) is 1. The molecule has 1 aromatic carbocycles. The highest BCUT2D eigenvalue weighted by Crippen LogP contribution is 2.57. The lowest BCUT2D eigenvalue weighted by Gasteiger charge is -2.41. The summed E-state index contributed by atoms with van der Waals surface area (Å²) in [6, 6.07) is 8.55. The molecule has 0 amide bonds. The van der Waals surface area contributed by atoms with E-state index in [1.807, 2.05) is 0 Å². The lowest BCUT2D eigenvalue weighted by molar-refractivity contribution is 0.0748. The standard InChI is InChI=1S/C15H19NO/c1-4-14(2,3)15-9-10-17-13(15)16-12-8-6-5-7-11(12)15/h4-8,13,16H,1,9-10H2,2-3H3/t13?,15-/m1/s1. The number of anilines is 1. The fourth-order valence-corrected chi connectivity index (χ4v) is 3.38. The van der Waals surface area contributed by atoms with Gasteiger partial charge in [-0.15, -0.1) is 6.58 Å². The summed E-state index contributed by atoms with van der Waals surface area (Å²) >= 11 is 0. The third-order valence-electron chi connectivity index (χ3n) is 4.58. The van der Waals surface area contributed by atoms with Crippen molar-refractivity contribution in [3.63, 3.8) is 0 Å². The smallest absolute Gasteiger partial charge is 0.138 e. The molecule has 2 heterocycles. The van der Waals surface area contributed by atoms with Crippen LogP contribution in [0.5, 0.6) is 0 Å². The van der Waals surface area contributed by atoms with Gasteiger partial charge in [0.2, 0.25) is 0 Å². The number of para-hydroxylation sites is 1. The van der Waals surface area contributed by atoms with Crippen molar-refractivity contribution in [2.75, 3.05) is 11.9 Å². The predicted molar refractivity (Wildman–Crippen MR) is 70.1 cm³/mol. The van der Waals surface area contributed by atoms with Gasteiger partial charge in [-0.2, -0.15) is 0 Å². The van der Waals surface area contributed by atoms with E-state index in [0.717, 1.165) is 13.0 Å². The molecule has 1 saturated heterocycles. The highest BCUT2D eigenvalue weighted by Gasteiger charge is 2.58. The fourth-order valence-electron chi connectivity index (χ4n) is 3.38. The molecular formula is C15H19NO. The van der Waals surface area contributed by atoms with E-state index in [-0.39, 0.29) is 17.1 Å². The molecule has 0 aliphatic carbocycles. The number of rotatable bonds is 2. The first-order chi connectivity index (χ1) is 8.12. The lowest BCUT2D eigenvalue weighted by atomic mass is 9.61. The van der Waals surface area contributed by atoms with Gasteiger partial charge in [0.1, 0.15) is 6.23 Å². The van der Waals surface area contributed by atoms with Crippen LogP contribution in [0.3, 0.4) is 0 Å². The minimum atomic E-state index is 0.0216. The molecule has 0 aromatic heterocycles. The summed E-state index contributed by atoms with van der Waals surface area (Å²) in [5.41, 5.74) is 2.65. The molecule has 2 atom stereocenters. The average Bonchev–Trinajstić information content (AvgIpc) is 2.85. The van der Waals surface area contributed by atoms with Gasteiger partial charge in [-0.05, 0) is 23.5 Å². The van der Waals surface area contributed by atoms with Gasteiger partial charge >= 0.3 is 0 Å². The summed E-state index contributed by atoms with van der Waals surface area (Å²) in [5.74, 6) is 0. The van der Waals surface area contributed by atoms with Gasteiger partial charge in [-0.3, -0.25) is 0 Å². The Balaban J connectivity index is 2.22. The minimum Gasteiger partial charge on any atom is -0.359 e. The minimum absolute atomic E-state index is 0.0216. The number of hydrogen-bond donors (Lipinski definition) is 1. The average molecular weight is 229 g/mol. The Labute approximate surface area is 103 Å². The molecule has 0 bridgehead atoms. The van der Waals surface area contributed by atoms with E-state index in [9.17, 15) is 0 Å². The van der Waals surface area contributed by atoms with Crippen LogP contribution in [0.4, 0.5) is 5.69 Å². The van der Waals surface area contributed by atoms with Crippen molar-refractivity contribution in [3.8, 4) is 0 Å². The van der Waals surface area contributed by atoms with Gasteiger partial charge in [0, 0.05) is 5.69 Å². The normalized spacial score (nSPS) is 30.6. The van der Waals surface area contributed by atoms with Crippen LogP contribution in [0.25, 0.3) is 0 Å². The Kier molecular flexibility index (Phi) is 2.14. The zero-order valence-corrected chi connectivity index (χ0v) is 10.5. The van der Waals surface area contributed by atoms with Gasteiger partial charge < -0.3 is 10.1 Å². The van der Waals surface area contributed by atoms with Crippen LogP contribution in [-0.4, -0.2) is 12.8 Å². The number of fused-ring (bicyclic) bond motifs is 3. The maximum atomic E-state index is 5.89. The molecule has 2 heteroatoms. The second-order valence-corrected chi connectivity index (χ2v) is 5.59. The Hall–Kier alpha value is -1.28. The van der Waals surface area contributed by atoms with Crippen LogP contribution < -0.4 is 5.32 Å². The maximum Gasteiger partial charge on any atom is 0.138 e. The number of benzene rings is 1. The predicted octanol–water partition coefficient (Wildman–Crippen LogP) is 3.31. The molecule has 1 unspecified atom stereocenters. The monoisotopic (exact) mass is 229 g/mol. The van der Waals surface area contributed by atoms with Crippen LogP contribution >= 0.6 is 0 Å². The summed E-state index contributed by atoms with van der Waals surface area (Å²) in [7, 11) is 0. The van der Waals surface area contributed by atoms with Crippen LogP contribution in [0.2, 0.25) is 0 Å². The Morgan fingerprint density at radius 3 is 3.00 bits per heavy atom. The van der Waals surface area contributed by atoms with Crippen molar-refractivity contribution in [1.82, 2.24) is 0 Å². The second kappa shape index (κ2) is 3.36. The zero-order valence-electron chi connectivity index (χ0n) is 10.5. The Morgan fingerprint density at radius 1 is 1.47 bits per heavy atom. The quantitative estimate of drug-likeness (QED) is 0.786. The molecule has 1 fully saturated rings. The Bertz CT molecular complexity index is 466. The molecule has 90 valence electrons. The lowest BCUT2D eigenvalue weighted by Crippen LogP contribution is -2.46. The van der Waals surface area contributed by atoms with E-state index in [4.69, 9.17) is 4.74 Å². The van der Waals surface area contributed by atoms with Gasteiger partial charge in [0.05, 0.1) is 12.0 Å². The molecule has 0 spiro atoms. The summed E-state index contributed by atoms with van der Waals surface area (Å²) in [4.78, 5) is 0. The van der Waals surface area contributed by atoms with E-state index in [1.54, 1.807) is 0 Å². The van der Waals surface area contributed by atoms with Gasteiger partial charge in [-0.1, -0.05) is 38.1 Å². The van der Waals surface area contributed by atoms with Gasteiger partial charge in [-0.25, -0.2) is 0 Å². The van der Waals surface area contributed by atoms with Crippen molar-refractivity contribution in [1.29, 1.82) is 0 Å². The topological polar surface area (TPSA) is 21.3 Å². The molecule has 2 aliphatic rings. The number of ether oxygens (including phenoxy) is 1. The molecule has 0 saturated carbocycles. The van der Waals surface area contributed by atoms with E-state index >= 15 is 0 Å². The van der Waals surface area contributed by atoms with E-state index in [1.165, 1.54) is 11.3 Å². The number of allylic oxidation sites excluding steroid dienone is 1. The molecule has 1 N–H and O–H groups in total. The zero-order chi connectivity index (χ0) is 12.1. The van der Waals surface area contributed by atoms with Crippen molar-refractivity contribution in [2.45, 2.75) is 31.9 Å². The number of hydrogen-bond acceptors (Lipinski definition) is 2. The van der Waals surface area contributed by atoms with Crippen LogP contribution in [-0.2, 0) is 10.2 Å². The summed E-state index contributed by atoms with van der Waals surface area (Å²) < 4.78 is 5.89. The van der Waals surface area contributed by atoms with E-state index < -0.39 is 0 Å². The third-order valence-corrected chi connectivity index (χ3v) is 4.58. The first-order valence-electron chi connectivity index (χ1n) is 6.23. The fraction of sp³-hybridized carbons (Fsp3) is 0.467. The third kappa shape index (κ3) is 1.19. The summed E-state index contributed by atoms with van der Waals surface area (Å²) in [6.45, 7) is 9.36. The van der Waals surface area contributed by atoms with Crippen LogP contribution in [0, 0.1) is 5.41 Å². The van der Waals surface area contributed by atoms with Gasteiger partial charge in [0.25, 0.3) is 0 Å². The second-order valence-electron chi connectivity index (χ2n) is 5.59. The van der Waals surface area contributed by atoms with Crippen molar-refractivity contribution in [2.24, 2.45) is 5.41 Å². The molecule has 2 nitrogen and oxygen atoms in total. The van der Waals surface area contributed by atoms with E-state index in [0.29, 0.717) is 0 Å². The van der Waals surface area contributed by atoms with Crippen molar-refractivity contribution >= 4 is 5.69 Å². The highest BCUT2D eigenvalue weighted by molar-refractivity contribution is 5.63. The largest absolute Gasteiger partial charge is 0.359 e. The molecule has 17 heavy (non-hydrogen) atoms. The summed E-state index contributed by atoms with van der Waals surface area (Å²) in [6.07, 6.45) is 3.21. The maximum absolute atomic E-state index is 5.89. The summed E-state index contributed by atoms with van der Waals surface area (Å²) in [5, 5.41) is 3.51. The molecule has 2 aliphatic heterocycles. The van der Waals surface area contributed by atoms with Crippen molar-refractivity contribution in [3.05, 3.63) is 42.5 Å². The Morgan fingerprint density at radius 2 is 2.24 bits per heavy atom. The first-order valence-corrected chi connectivity index (χ1v) is 6.23. The van der Waals surface area contributed by atoms with Crippen molar-refractivity contribution < 1.29 is 4.74 Å². The van der Waals surface area contributed by atoms with Gasteiger partial charge in [0.15, 0.2) is 0 Å². The molecule has 3 rings (SSSR count). The molecule has 0 radical (unpaired) electrons. The highest BCUT2D eigenvalue weighted by atomic mass is 16.5. The first kappa shape index (κ1) is 10.8. The van der Waals surface area contributed by atoms with Crippen LogP contribution in [0.15, 0.2) is 36.9 Å². The SMILES string of the molecule is C=CC(C)(C)[C@@]12CCOC1Nc1ccccc12. The molecular weight excluding hydrogens is 210 g/mol. The van der Waals surface area contributed by atoms with E-state index in [2.05, 4.69) is 56.1 Å². The molecule has 1 aromatic rings. The van der Waals surface area contributed by atoms with Crippen LogP contribution in [0.1, 0.15) is 25.8 Å².